The molecule has 2 aromatic carbocycles. The minimum Gasteiger partial charge on any atom is -0.416 e. The molecule has 6 heteroatoms. The summed E-state index contributed by atoms with van der Waals surface area (Å²) in [6.45, 7) is 0. The fourth-order valence-electron chi connectivity index (χ4n) is 1.78. The summed E-state index contributed by atoms with van der Waals surface area (Å²) in [6.07, 6.45) is 0. The third-order valence-corrected chi connectivity index (χ3v) is 2.77. The number of hydrogen-bond donors (Lipinski definition) is 1. The summed E-state index contributed by atoms with van der Waals surface area (Å²) in [5.41, 5.74) is 6.56. The van der Waals surface area contributed by atoms with Gasteiger partial charge in [-0.3, -0.25) is 0 Å². The van der Waals surface area contributed by atoms with E-state index in [4.69, 9.17) is 10.2 Å². The number of benzene rings is 2. The number of nitrogens with two attached hydrogens (primary N) is 1. The Morgan fingerprint density at radius 1 is 0.900 bits per heavy atom. The van der Waals surface area contributed by atoms with Crippen molar-refractivity contribution >= 4 is 5.69 Å². The number of nitrogen functional groups attached to an aromatic ring is 1. The van der Waals surface area contributed by atoms with Crippen LogP contribution in [0.5, 0.6) is 0 Å². The van der Waals surface area contributed by atoms with Gasteiger partial charge >= 0.3 is 0 Å². The average Bonchev–Trinajstić information content (AvgIpc) is 2.93. The molecule has 0 atom stereocenters. The lowest BCUT2D eigenvalue weighted by Crippen LogP contribution is -1.94. The lowest BCUT2D eigenvalue weighted by Gasteiger charge is -2.01. The highest BCUT2D eigenvalue weighted by atomic mass is 19.2. The topological polar surface area (TPSA) is 64.9 Å². The van der Waals surface area contributed by atoms with Gasteiger partial charge in [-0.15, -0.1) is 10.2 Å². The Kier molecular flexibility index (Phi) is 2.90. The van der Waals surface area contributed by atoms with Crippen LogP contribution in [0.15, 0.2) is 46.9 Å². The first-order valence-electron chi connectivity index (χ1n) is 5.79. The highest BCUT2D eigenvalue weighted by Gasteiger charge is 2.15. The Balaban J connectivity index is 2.05. The molecule has 4 nitrogen and oxygen atoms in total. The molecule has 0 unspecified atom stereocenters. The highest BCUT2D eigenvalue weighted by Crippen LogP contribution is 2.29. The van der Waals surface area contributed by atoms with E-state index in [9.17, 15) is 8.78 Å². The Hall–Kier alpha value is -2.76. The van der Waals surface area contributed by atoms with Crippen LogP contribution >= 0.6 is 0 Å². The van der Waals surface area contributed by atoms with E-state index in [-0.39, 0.29) is 23.0 Å². The molecule has 3 rings (SSSR count). The Labute approximate surface area is 112 Å². The lowest BCUT2D eigenvalue weighted by atomic mass is 10.1. The van der Waals surface area contributed by atoms with Crippen molar-refractivity contribution in [3.8, 4) is 22.9 Å². The van der Waals surface area contributed by atoms with E-state index in [0.29, 0.717) is 0 Å². The number of anilines is 1. The molecule has 0 saturated carbocycles. The molecule has 1 aromatic heterocycles. The third kappa shape index (κ3) is 2.11. The molecule has 0 aliphatic rings. The largest absolute Gasteiger partial charge is 0.416 e. The van der Waals surface area contributed by atoms with Gasteiger partial charge in [-0.25, -0.2) is 8.78 Å². The van der Waals surface area contributed by atoms with Crippen LogP contribution in [0.2, 0.25) is 0 Å². The highest BCUT2D eigenvalue weighted by molar-refractivity contribution is 5.71. The summed E-state index contributed by atoms with van der Waals surface area (Å²) in [5, 5.41) is 7.68. The summed E-state index contributed by atoms with van der Waals surface area (Å²) in [4.78, 5) is 0. The van der Waals surface area contributed by atoms with E-state index >= 15 is 0 Å². The van der Waals surface area contributed by atoms with Gasteiger partial charge in [0.05, 0.1) is 5.56 Å². The van der Waals surface area contributed by atoms with Gasteiger partial charge in [0.15, 0.2) is 11.6 Å². The van der Waals surface area contributed by atoms with Gasteiger partial charge in [-0.05, 0) is 18.2 Å². The predicted octanol–water partition coefficient (Wildman–Crippen LogP) is 3.26. The third-order valence-electron chi connectivity index (χ3n) is 2.77. The van der Waals surface area contributed by atoms with Crippen molar-refractivity contribution in [2.24, 2.45) is 0 Å². The molecule has 0 fully saturated rings. The van der Waals surface area contributed by atoms with Crippen LogP contribution in [-0.4, -0.2) is 10.2 Å². The maximum absolute atomic E-state index is 13.3. The maximum atomic E-state index is 13.3. The number of aromatic nitrogens is 2. The molecule has 100 valence electrons. The van der Waals surface area contributed by atoms with Gasteiger partial charge in [0.25, 0.3) is 0 Å². The predicted molar refractivity (Wildman–Crippen MR) is 69.5 cm³/mol. The summed E-state index contributed by atoms with van der Waals surface area (Å²) in [7, 11) is 0. The molecule has 0 aliphatic heterocycles. The molecular formula is C14H9F2N3O. The first-order valence-corrected chi connectivity index (χ1v) is 5.79. The van der Waals surface area contributed by atoms with Crippen LogP contribution in [0.4, 0.5) is 14.5 Å². The van der Waals surface area contributed by atoms with Crippen molar-refractivity contribution < 1.29 is 13.2 Å². The van der Waals surface area contributed by atoms with Crippen LogP contribution in [0.1, 0.15) is 0 Å². The minimum atomic E-state index is -1.02. The molecule has 20 heavy (non-hydrogen) atoms. The van der Waals surface area contributed by atoms with Crippen LogP contribution in [0.25, 0.3) is 22.9 Å². The van der Waals surface area contributed by atoms with Crippen molar-refractivity contribution in [3.63, 3.8) is 0 Å². The molecule has 0 bridgehead atoms. The SMILES string of the molecule is Nc1cc(F)c(F)cc1-c1nnc(-c2ccccc2)o1. The van der Waals surface area contributed by atoms with Gasteiger partial charge in [0, 0.05) is 17.3 Å². The fourth-order valence-corrected chi connectivity index (χ4v) is 1.78. The number of nitrogens with zero attached hydrogens (tertiary/aromatic N) is 2. The molecule has 1 heterocycles. The first kappa shape index (κ1) is 12.3. The van der Waals surface area contributed by atoms with Crippen molar-refractivity contribution in [2.45, 2.75) is 0 Å². The normalized spacial score (nSPS) is 10.7. The zero-order valence-corrected chi connectivity index (χ0v) is 10.2. The molecule has 0 spiro atoms. The summed E-state index contributed by atoms with van der Waals surface area (Å²) in [6, 6.07) is 10.9. The second-order valence-corrected chi connectivity index (χ2v) is 4.13. The number of hydrogen-bond acceptors (Lipinski definition) is 4. The van der Waals surface area contributed by atoms with Crippen LogP contribution in [-0.2, 0) is 0 Å². The standard InChI is InChI=1S/C14H9F2N3O/c15-10-6-9(12(17)7-11(10)16)14-19-18-13(20-14)8-4-2-1-3-5-8/h1-7H,17H2. The van der Waals surface area contributed by atoms with Crippen molar-refractivity contribution in [2.75, 3.05) is 5.73 Å². The maximum Gasteiger partial charge on any atom is 0.250 e. The second-order valence-electron chi connectivity index (χ2n) is 4.13. The van der Waals surface area contributed by atoms with Gasteiger partial charge in [-0.1, -0.05) is 18.2 Å². The zero-order valence-electron chi connectivity index (χ0n) is 10.2. The van der Waals surface area contributed by atoms with Gasteiger partial charge < -0.3 is 10.2 Å². The summed E-state index contributed by atoms with van der Waals surface area (Å²) >= 11 is 0. The minimum absolute atomic E-state index is 0.0344. The lowest BCUT2D eigenvalue weighted by molar-refractivity contribution is 0.508. The first-order chi connectivity index (χ1) is 9.65. The fraction of sp³-hybridized carbons (Fsp3) is 0. The molecule has 0 amide bonds. The molecule has 0 radical (unpaired) electrons. The van der Waals surface area contributed by atoms with Gasteiger partial charge in [0.2, 0.25) is 11.8 Å². The molecule has 0 saturated heterocycles. The van der Waals surface area contributed by atoms with Crippen molar-refractivity contribution in [1.82, 2.24) is 10.2 Å². The molecule has 0 aliphatic carbocycles. The number of rotatable bonds is 2. The quantitative estimate of drug-likeness (QED) is 0.728. The number of halogens is 2. The van der Waals surface area contributed by atoms with Crippen LogP contribution < -0.4 is 5.73 Å². The molecule has 3 aromatic rings. The van der Waals surface area contributed by atoms with E-state index in [1.54, 1.807) is 12.1 Å². The Bertz CT molecular complexity index is 756. The Morgan fingerprint density at radius 3 is 2.30 bits per heavy atom. The van der Waals surface area contributed by atoms with Crippen molar-refractivity contribution in [1.29, 1.82) is 0 Å². The second kappa shape index (κ2) is 4.73. The van der Waals surface area contributed by atoms with Crippen LogP contribution in [0.3, 0.4) is 0 Å². The molecule has 2 N–H and O–H groups in total. The van der Waals surface area contributed by atoms with E-state index < -0.39 is 11.6 Å². The summed E-state index contributed by atoms with van der Waals surface area (Å²) < 4.78 is 31.7. The zero-order chi connectivity index (χ0) is 14.1. The smallest absolute Gasteiger partial charge is 0.250 e. The summed E-state index contributed by atoms with van der Waals surface area (Å²) in [5.74, 6) is -1.72. The van der Waals surface area contributed by atoms with Crippen LogP contribution in [0, 0.1) is 11.6 Å². The Morgan fingerprint density at radius 2 is 1.55 bits per heavy atom. The molecular weight excluding hydrogens is 264 g/mol. The van der Waals surface area contributed by atoms with Crippen molar-refractivity contribution in [3.05, 3.63) is 54.1 Å². The van der Waals surface area contributed by atoms with Gasteiger partial charge in [0.1, 0.15) is 0 Å². The van der Waals surface area contributed by atoms with Gasteiger partial charge in [-0.2, -0.15) is 0 Å². The van der Waals surface area contributed by atoms with E-state index in [1.807, 2.05) is 18.2 Å². The van der Waals surface area contributed by atoms with E-state index in [0.717, 1.165) is 17.7 Å². The van der Waals surface area contributed by atoms with E-state index in [2.05, 4.69) is 10.2 Å². The monoisotopic (exact) mass is 273 g/mol. The van der Waals surface area contributed by atoms with E-state index in [1.165, 1.54) is 0 Å². The average molecular weight is 273 g/mol.